The fraction of sp³-hybridized carbons (Fsp3) is 0.190. The SMILES string of the molecule is CC(O)CC(Oc1ccc(-c2cccc(Cl)c2)cc1)c1cccnc1. The second-order valence-corrected chi connectivity index (χ2v) is 6.45. The van der Waals surface area contributed by atoms with Gasteiger partial charge in [0.15, 0.2) is 0 Å². The van der Waals surface area contributed by atoms with E-state index in [1.165, 1.54) is 0 Å². The van der Waals surface area contributed by atoms with Gasteiger partial charge < -0.3 is 9.84 Å². The van der Waals surface area contributed by atoms with E-state index >= 15 is 0 Å². The van der Waals surface area contributed by atoms with Crippen molar-refractivity contribution >= 4 is 11.6 Å². The fourth-order valence-corrected chi connectivity index (χ4v) is 2.88. The molecule has 0 radical (unpaired) electrons. The molecule has 128 valence electrons. The molecule has 0 aliphatic rings. The summed E-state index contributed by atoms with van der Waals surface area (Å²) >= 11 is 6.06. The summed E-state index contributed by atoms with van der Waals surface area (Å²) in [7, 11) is 0. The van der Waals surface area contributed by atoms with Gasteiger partial charge in [-0.2, -0.15) is 0 Å². The molecule has 0 saturated carbocycles. The van der Waals surface area contributed by atoms with Crippen molar-refractivity contribution < 1.29 is 9.84 Å². The summed E-state index contributed by atoms with van der Waals surface area (Å²) in [5.74, 6) is 0.750. The molecule has 0 spiro atoms. The van der Waals surface area contributed by atoms with Gasteiger partial charge in [0.1, 0.15) is 11.9 Å². The molecule has 2 unspecified atom stereocenters. The molecule has 1 N–H and O–H groups in total. The first-order valence-electron chi connectivity index (χ1n) is 8.22. The van der Waals surface area contributed by atoms with Crippen LogP contribution in [-0.2, 0) is 0 Å². The lowest BCUT2D eigenvalue weighted by molar-refractivity contribution is 0.106. The first-order valence-corrected chi connectivity index (χ1v) is 8.60. The van der Waals surface area contributed by atoms with Crippen LogP contribution >= 0.6 is 11.6 Å². The van der Waals surface area contributed by atoms with Gasteiger partial charge >= 0.3 is 0 Å². The minimum atomic E-state index is -0.462. The molecule has 1 aromatic heterocycles. The van der Waals surface area contributed by atoms with Crippen LogP contribution in [0.25, 0.3) is 11.1 Å². The Morgan fingerprint density at radius 2 is 1.84 bits per heavy atom. The number of pyridine rings is 1. The predicted octanol–water partition coefficient (Wildman–Crippen LogP) is 5.29. The molecule has 3 nitrogen and oxygen atoms in total. The number of benzene rings is 2. The van der Waals surface area contributed by atoms with Crippen molar-refractivity contribution in [2.24, 2.45) is 0 Å². The minimum Gasteiger partial charge on any atom is -0.486 e. The van der Waals surface area contributed by atoms with Crippen LogP contribution in [0.4, 0.5) is 0 Å². The molecule has 0 saturated heterocycles. The molecule has 2 aromatic carbocycles. The number of hydrogen-bond donors (Lipinski definition) is 1. The van der Waals surface area contributed by atoms with Crippen LogP contribution in [0.3, 0.4) is 0 Å². The van der Waals surface area contributed by atoms with Crippen molar-refractivity contribution in [2.75, 3.05) is 0 Å². The van der Waals surface area contributed by atoms with E-state index < -0.39 is 6.10 Å². The molecule has 0 fully saturated rings. The highest BCUT2D eigenvalue weighted by Gasteiger charge is 2.16. The summed E-state index contributed by atoms with van der Waals surface area (Å²) in [5, 5.41) is 10.5. The van der Waals surface area contributed by atoms with Crippen LogP contribution in [0.1, 0.15) is 25.0 Å². The smallest absolute Gasteiger partial charge is 0.128 e. The van der Waals surface area contributed by atoms with E-state index in [0.29, 0.717) is 11.4 Å². The van der Waals surface area contributed by atoms with Gasteiger partial charge in [-0.15, -0.1) is 0 Å². The van der Waals surface area contributed by atoms with Crippen molar-refractivity contribution in [3.05, 3.63) is 83.6 Å². The summed E-state index contributed by atoms with van der Waals surface area (Å²) in [5.41, 5.74) is 3.08. The minimum absolute atomic E-state index is 0.245. The number of rotatable bonds is 6. The van der Waals surface area contributed by atoms with Crippen LogP contribution in [0, 0.1) is 0 Å². The third kappa shape index (κ3) is 4.81. The number of aromatic nitrogens is 1. The average molecular weight is 354 g/mol. The number of aliphatic hydroxyl groups is 1. The zero-order chi connectivity index (χ0) is 17.6. The normalized spacial score (nSPS) is 13.2. The van der Waals surface area contributed by atoms with Gasteiger partial charge in [0.25, 0.3) is 0 Å². The maximum Gasteiger partial charge on any atom is 0.128 e. The Morgan fingerprint density at radius 1 is 1.04 bits per heavy atom. The number of aliphatic hydroxyl groups excluding tert-OH is 1. The fourth-order valence-electron chi connectivity index (χ4n) is 2.69. The lowest BCUT2D eigenvalue weighted by atomic mass is 10.0. The topological polar surface area (TPSA) is 42.4 Å². The van der Waals surface area contributed by atoms with Crippen molar-refractivity contribution in [1.82, 2.24) is 4.98 Å². The number of nitrogens with zero attached hydrogens (tertiary/aromatic N) is 1. The molecule has 0 bridgehead atoms. The Balaban J connectivity index is 1.78. The summed E-state index contributed by atoms with van der Waals surface area (Å²) < 4.78 is 6.10. The molecule has 25 heavy (non-hydrogen) atoms. The van der Waals surface area contributed by atoms with Gasteiger partial charge in [-0.25, -0.2) is 0 Å². The van der Waals surface area contributed by atoms with Gasteiger partial charge in [-0.1, -0.05) is 41.9 Å². The highest BCUT2D eigenvalue weighted by Crippen LogP contribution is 2.29. The maximum atomic E-state index is 9.77. The summed E-state index contributed by atoms with van der Waals surface area (Å²) in [6.45, 7) is 1.76. The van der Waals surface area contributed by atoms with Gasteiger partial charge in [0, 0.05) is 29.4 Å². The molecule has 3 rings (SSSR count). The average Bonchev–Trinajstić information content (AvgIpc) is 2.62. The Bertz CT molecular complexity index is 804. The zero-order valence-electron chi connectivity index (χ0n) is 14.0. The lowest BCUT2D eigenvalue weighted by Gasteiger charge is -2.21. The molecule has 0 amide bonds. The highest BCUT2D eigenvalue weighted by atomic mass is 35.5. The quantitative estimate of drug-likeness (QED) is 0.654. The van der Waals surface area contributed by atoms with Crippen LogP contribution in [0.2, 0.25) is 5.02 Å². The zero-order valence-corrected chi connectivity index (χ0v) is 14.7. The van der Waals surface area contributed by atoms with Gasteiger partial charge in [0.05, 0.1) is 6.10 Å². The van der Waals surface area contributed by atoms with E-state index in [-0.39, 0.29) is 6.10 Å². The largest absolute Gasteiger partial charge is 0.486 e. The molecule has 0 aliphatic carbocycles. The van der Waals surface area contributed by atoms with Gasteiger partial charge in [-0.05, 0) is 48.4 Å². The Morgan fingerprint density at radius 3 is 2.48 bits per heavy atom. The molecule has 2 atom stereocenters. The van der Waals surface area contributed by atoms with E-state index in [4.69, 9.17) is 16.3 Å². The van der Waals surface area contributed by atoms with E-state index in [9.17, 15) is 5.11 Å². The molecule has 4 heteroatoms. The van der Waals surface area contributed by atoms with Crippen LogP contribution in [0.15, 0.2) is 73.1 Å². The Labute approximate surface area is 152 Å². The Hall–Kier alpha value is -2.36. The van der Waals surface area contributed by atoms with Crippen molar-refractivity contribution in [1.29, 1.82) is 0 Å². The maximum absolute atomic E-state index is 9.77. The summed E-state index contributed by atoms with van der Waals surface area (Å²) in [6, 6.07) is 19.4. The molecule has 3 aromatic rings. The second-order valence-electron chi connectivity index (χ2n) is 6.01. The highest BCUT2D eigenvalue weighted by molar-refractivity contribution is 6.30. The van der Waals surface area contributed by atoms with E-state index in [1.807, 2.05) is 60.7 Å². The summed E-state index contributed by atoms with van der Waals surface area (Å²) in [4.78, 5) is 4.14. The number of ether oxygens (including phenoxy) is 1. The lowest BCUT2D eigenvalue weighted by Crippen LogP contribution is -2.14. The van der Waals surface area contributed by atoms with Gasteiger partial charge in [-0.3, -0.25) is 4.98 Å². The standard InChI is InChI=1S/C21H20ClNO2/c1-15(24)12-21(18-5-3-11-23-14-18)25-20-9-7-16(8-10-20)17-4-2-6-19(22)13-17/h2-11,13-15,21,24H,12H2,1H3. The van der Waals surface area contributed by atoms with E-state index in [2.05, 4.69) is 4.98 Å². The number of halogens is 1. The third-order valence-corrected chi connectivity index (χ3v) is 4.14. The van der Waals surface area contributed by atoms with Crippen LogP contribution < -0.4 is 4.74 Å². The molecular weight excluding hydrogens is 334 g/mol. The molecule has 1 heterocycles. The second kappa shape index (κ2) is 8.15. The Kier molecular flexibility index (Phi) is 5.69. The van der Waals surface area contributed by atoms with E-state index in [0.717, 1.165) is 22.4 Å². The van der Waals surface area contributed by atoms with Crippen molar-refractivity contribution in [3.8, 4) is 16.9 Å². The first-order chi connectivity index (χ1) is 12.1. The first kappa shape index (κ1) is 17.5. The molecule has 0 aliphatic heterocycles. The summed E-state index contributed by atoms with van der Waals surface area (Å²) in [6.07, 6.45) is 3.29. The van der Waals surface area contributed by atoms with Crippen LogP contribution in [0.5, 0.6) is 5.75 Å². The monoisotopic (exact) mass is 353 g/mol. The number of hydrogen-bond acceptors (Lipinski definition) is 3. The van der Waals surface area contributed by atoms with Gasteiger partial charge in [0.2, 0.25) is 0 Å². The molecular formula is C21H20ClNO2. The predicted molar refractivity (Wildman–Crippen MR) is 101 cm³/mol. The van der Waals surface area contributed by atoms with Crippen LogP contribution in [-0.4, -0.2) is 16.2 Å². The van der Waals surface area contributed by atoms with E-state index in [1.54, 1.807) is 19.3 Å². The van der Waals surface area contributed by atoms with Crippen molar-refractivity contribution in [3.63, 3.8) is 0 Å². The third-order valence-electron chi connectivity index (χ3n) is 3.90. The van der Waals surface area contributed by atoms with Crippen molar-refractivity contribution in [2.45, 2.75) is 25.6 Å².